The third-order valence-electron chi connectivity index (χ3n) is 10.5. The number of nitrogens with two attached hydrogens (primary N) is 2. The van der Waals surface area contributed by atoms with Crippen LogP contribution in [0.25, 0.3) is 0 Å². The lowest BCUT2D eigenvalue weighted by Crippen LogP contribution is -2.62. The van der Waals surface area contributed by atoms with Gasteiger partial charge in [0.1, 0.15) is 30.2 Å². The van der Waals surface area contributed by atoms with Crippen LogP contribution in [0.3, 0.4) is 0 Å². The number of nitrogens with one attached hydrogen (secondary N) is 4. The number of guanidine groups is 1. The predicted octanol–water partition coefficient (Wildman–Crippen LogP) is -1.47. The minimum absolute atomic E-state index is 0.00142. The van der Waals surface area contributed by atoms with E-state index in [4.69, 9.17) is 11.5 Å². The number of fused-ring (bicyclic) bond motifs is 5. The molecule has 1 aliphatic carbocycles. The van der Waals surface area contributed by atoms with Crippen LogP contribution in [0.4, 0.5) is 0 Å². The maximum atomic E-state index is 14.9. The van der Waals surface area contributed by atoms with Gasteiger partial charge in [-0.15, -0.1) is 0 Å². The third-order valence-corrected chi connectivity index (χ3v) is 10.5. The van der Waals surface area contributed by atoms with Crippen molar-refractivity contribution in [3.05, 3.63) is 35.4 Å². The topological polar surface area (TPSA) is 242 Å². The van der Waals surface area contributed by atoms with Gasteiger partial charge in [0, 0.05) is 38.5 Å². The summed E-state index contributed by atoms with van der Waals surface area (Å²) in [5.41, 5.74) is 12.7. The van der Waals surface area contributed by atoms with E-state index >= 15 is 0 Å². The third kappa shape index (κ3) is 8.96. The normalized spacial score (nSPS) is 29.6. The Morgan fingerprint density at radius 1 is 0.882 bits per heavy atom. The first-order chi connectivity index (χ1) is 24.5. The van der Waals surface area contributed by atoms with Crippen LogP contribution in [0, 0.1) is 5.92 Å². The van der Waals surface area contributed by atoms with Crippen molar-refractivity contribution in [3.63, 3.8) is 0 Å². The molecule has 16 nitrogen and oxygen atoms in total. The second-order valence-electron chi connectivity index (χ2n) is 14.0. The average Bonchev–Trinajstić information content (AvgIpc) is 3.51. The Balaban J connectivity index is 1.51. The Labute approximate surface area is 297 Å². The summed E-state index contributed by atoms with van der Waals surface area (Å²) in [4.78, 5) is 89.6. The maximum Gasteiger partial charge on any atom is 0.248 e. The number of nitrogens with zero attached hydrogens (tertiary/aromatic N) is 3. The van der Waals surface area contributed by atoms with Crippen LogP contribution >= 0.6 is 0 Å². The highest BCUT2D eigenvalue weighted by Gasteiger charge is 2.51. The Morgan fingerprint density at radius 3 is 2.35 bits per heavy atom. The number of benzene rings is 1. The molecular weight excluding hydrogens is 658 g/mol. The molecule has 0 aromatic heterocycles. The van der Waals surface area contributed by atoms with Crippen LogP contribution in [0.5, 0.6) is 0 Å². The molecule has 3 heterocycles. The lowest BCUT2D eigenvalue weighted by atomic mass is 9.84. The first kappa shape index (κ1) is 37.5. The molecule has 5 rings (SSSR count). The van der Waals surface area contributed by atoms with Crippen molar-refractivity contribution < 1.29 is 33.9 Å². The van der Waals surface area contributed by atoms with Gasteiger partial charge in [-0.05, 0) is 62.5 Å². The van der Waals surface area contributed by atoms with Crippen molar-refractivity contribution in [2.75, 3.05) is 19.7 Å². The first-order valence-electron chi connectivity index (χ1n) is 18.0. The van der Waals surface area contributed by atoms with Gasteiger partial charge in [-0.25, -0.2) is 0 Å². The second kappa shape index (κ2) is 17.0. The molecule has 51 heavy (non-hydrogen) atoms. The molecule has 1 aromatic rings. The van der Waals surface area contributed by atoms with E-state index in [-0.39, 0.29) is 69.1 Å². The van der Waals surface area contributed by atoms with Crippen LogP contribution < -0.4 is 32.7 Å². The van der Waals surface area contributed by atoms with E-state index in [1.54, 1.807) is 4.90 Å². The molecule has 2 saturated heterocycles. The number of aliphatic hydroxyl groups is 1. The molecule has 9 N–H and O–H groups in total. The number of amides is 6. The molecule has 278 valence electrons. The highest BCUT2D eigenvalue weighted by atomic mass is 16.3. The number of aliphatic hydroxyl groups excluding tert-OH is 1. The summed E-state index contributed by atoms with van der Waals surface area (Å²) < 4.78 is 0. The van der Waals surface area contributed by atoms with E-state index in [1.807, 2.05) is 24.3 Å². The molecular formula is C35H51N9O7. The number of aliphatic imine (C=N–C) groups is 1. The fraction of sp³-hybridized carbons (Fsp3) is 0.629. The number of carbonyl (C=O) groups is 6. The number of rotatable bonds is 5. The van der Waals surface area contributed by atoms with Crippen LogP contribution in [-0.4, -0.2) is 112 Å². The van der Waals surface area contributed by atoms with Crippen molar-refractivity contribution in [2.24, 2.45) is 22.4 Å². The highest BCUT2D eigenvalue weighted by molar-refractivity contribution is 5.97. The largest absolute Gasteiger partial charge is 0.394 e. The maximum absolute atomic E-state index is 14.9. The van der Waals surface area contributed by atoms with Crippen molar-refractivity contribution in [3.8, 4) is 0 Å². The molecule has 7 atom stereocenters. The van der Waals surface area contributed by atoms with E-state index in [1.165, 1.54) is 11.8 Å². The summed E-state index contributed by atoms with van der Waals surface area (Å²) in [6, 6.07) is 1.99. The first-order valence-corrected chi connectivity index (χ1v) is 18.0. The van der Waals surface area contributed by atoms with Gasteiger partial charge in [-0.1, -0.05) is 37.1 Å². The summed E-state index contributed by atoms with van der Waals surface area (Å²) in [6.07, 6.45) is 4.88. The van der Waals surface area contributed by atoms with Gasteiger partial charge < -0.3 is 47.6 Å². The predicted molar refractivity (Wildman–Crippen MR) is 186 cm³/mol. The molecule has 1 aromatic carbocycles. The summed E-state index contributed by atoms with van der Waals surface area (Å²) in [6.45, 7) is 1.17. The van der Waals surface area contributed by atoms with Crippen LogP contribution in [0.1, 0.15) is 75.8 Å². The quantitative estimate of drug-likeness (QED) is 0.107. The number of hydrogen-bond acceptors (Lipinski definition) is 8. The Hall–Kier alpha value is -4.73. The smallest absolute Gasteiger partial charge is 0.248 e. The van der Waals surface area contributed by atoms with Crippen LogP contribution in [0.15, 0.2) is 29.3 Å². The molecule has 1 saturated carbocycles. The standard InChI is InChI=1S/C35H51N9O7/c1-20-30(47)42-25(19-45)33(50)43-18-23-10-3-2-8-21(23)16-28(43)34(51)44-26-12-5-4-9-22(26)17-27(44)32(49)41-24(11-6-15-39-35(36)37)31(48)38-14-7-13-29(46)40-20/h2-3,8,10,20,22,24-28,45H,4-7,9,11-19H2,1H3,(H,38,48)(H,40,46)(H,41,49)(H,42,47)(H4,36,37,39)/t20-,22?,24-,25-,26?,27-,28+/m0/s1. The zero-order chi connectivity index (χ0) is 36.7. The highest BCUT2D eigenvalue weighted by Crippen LogP contribution is 2.41. The van der Waals surface area contributed by atoms with Gasteiger partial charge in [0.25, 0.3) is 0 Å². The van der Waals surface area contributed by atoms with E-state index < -0.39 is 66.4 Å². The van der Waals surface area contributed by atoms with E-state index in [0.717, 1.165) is 30.4 Å². The molecule has 0 bridgehead atoms. The van der Waals surface area contributed by atoms with Crippen LogP contribution in [-0.2, 0) is 41.7 Å². The molecule has 0 radical (unpaired) electrons. The monoisotopic (exact) mass is 709 g/mol. The number of carbonyl (C=O) groups excluding carboxylic acids is 6. The van der Waals surface area contributed by atoms with Gasteiger partial charge >= 0.3 is 0 Å². The summed E-state index contributed by atoms with van der Waals surface area (Å²) >= 11 is 0. The van der Waals surface area contributed by atoms with Crippen molar-refractivity contribution in [2.45, 2.75) is 114 Å². The molecule has 0 spiro atoms. The van der Waals surface area contributed by atoms with Gasteiger partial charge in [0.05, 0.1) is 6.61 Å². The molecule has 16 heteroatoms. The second-order valence-corrected chi connectivity index (χ2v) is 14.0. The zero-order valence-corrected chi connectivity index (χ0v) is 29.1. The lowest BCUT2D eigenvalue weighted by Gasteiger charge is -2.42. The van der Waals surface area contributed by atoms with Crippen LogP contribution in [0.2, 0.25) is 0 Å². The van der Waals surface area contributed by atoms with Crippen molar-refractivity contribution in [1.29, 1.82) is 0 Å². The molecule has 3 aliphatic heterocycles. The Bertz CT molecular complexity index is 1520. The van der Waals surface area contributed by atoms with Gasteiger partial charge in [0.2, 0.25) is 35.4 Å². The van der Waals surface area contributed by atoms with Crippen molar-refractivity contribution >= 4 is 41.4 Å². The van der Waals surface area contributed by atoms with E-state index in [2.05, 4.69) is 26.3 Å². The summed E-state index contributed by atoms with van der Waals surface area (Å²) in [7, 11) is 0. The Morgan fingerprint density at radius 2 is 1.61 bits per heavy atom. The minimum atomic E-state index is -1.38. The summed E-state index contributed by atoms with van der Waals surface area (Å²) in [5.74, 6) is -3.08. The van der Waals surface area contributed by atoms with E-state index in [9.17, 15) is 33.9 Å². The van der Waals surface area contributed by atoms with Gasteiger partial charge in [0.15, 0.2) is 5.96 Å². The number of hydrogen-bond donors (Lipinski definition) is 7. The SMILES string of the molecule is C[C@@H]1NC(=O)CCCNC(=O)[C@H](CCCN=C(N)N)NC(=O)[C@@H]2CC3CCCCC3N2C(=O)[C@H]2Cc3ccccc3CN2C(=O)[C@H](CO)NC1=O. The molecule has 2 unspecified atom stereocenters. The summed E-state index contributed by atoms with van der Waals surface area (Å²) in [5, 5.41) is 21.2. The average molecular weight is 710 g/mol. The van der Waals surface area contributed by atoms with E-state index in [0.29, 0.717) is 19.3 Å². The Kier molecular flexibility index (Phi) is 12.5. The van der Waals surface area contributed by atoms with Gasteiger partial charge in [-0.3, -0.25) is 33.8 Å². The minimum Gasteiger partial charge on any atom is -0.394 e. The molecule has 3 fully saturated rings. The zero-order valence-electron chi connectivity index (χ0n) is 29.1. The molecule has 4 aliphatic rings. The van der Waals surface area contributed by atoms with Gasteiger partial charge in [-0.2, -0.15) is 0 Å². The molecule has 6 amide bonds. The fourth-order valence-electron chi connectivity index (χ4n) is 7.84. The van der Waals surface area contributed by atoms with Crippen molar-refractivity contribution in [1.82, 2.24) is 31.1 Å². The fourth-order valence-corrected chi connectivity index (χ4v) is 7.84. The lowest BCUT2D eigenvalue weighted by molar-refractivity contribution is -0.153.